The molecule has 10 heteroatoms. The summed E-state index contributed by atoms with van der Waals surface area (Å²) in [5.74, 6) is 0. The van der Waals surface area contributed by atoms with Gasteiger partial charge >= 0.3 is 15.2 Å². The molecule has 17 heavy (non-hydrogen) atoms. The second-order valence-corrected chi connectivity index (χ2v) is 8.55. The van der Waals surface area contributed by atoms with Crippen LogP contribution in [0.15, 0.2) is 0 Å². The van der Waals surface area contributed by atoms with Crippen LogP contribution in [0.4, 0.5) is 0 Å². The van der Waals surface area contributed by atoms with Crippen molar-refractivity contribution in [3.05, 3.63) is 0 Å². The Balaban J connectivity index is 5.49. The van der Waals surface area contributed by atoms with Crippen molar-refractivity contribution in [2.24, 2.45) is 0 Å². The topological polar surface area (TPSA) is 88.1 Å². The molecule has 0 aromatic rings. The van der Waals surface area contributed by atoms with Crippen LogP contribution in [0.1, 0.15) is 6.42 Å². The van der Waals surface area contributed by atoms with E-state index in [0.29, 0.717) is 0 Å². The lowest BCUT2D eigenvalue weighted by Crippen LogP contribution is -2.17. The minimum Gasteiger partial charge on any atom is -0.311 e. The molecule has 0 aromatic heterocycles. The van der Waals surface area contributed by atoms with Gasteiger partial charge in [-0.1, -0.05) is 0 Å². The standard InChI is InChI=1S/C7H15ClO7P2/c1-12-16(10,13-2)7(5-6(8)9)17(11,14-3)15-4/h7H,5H2,1-4H3. The zero-order chi connectivity index (χ0) is 13.7. The average molecular weight is 309 g/mol. The van der Waals surface area contributed by atoms with E-state index in [-0.39, 0.29) is 0 Å². The quantitative estimate of drug-likeness (QED) is 0.502. The van der Waals surface area contributed by atoms with Gasteiger partial charge in [-0.15, -0.1) is 0 Å². The molecule has 0 aliphatic heterocycles. The molecule has 0 fully saturated rings. The molecule has 0 rings (SSSR count). The highest BCUT2D eigenvalue weighted by atomic mass is 35.5. The van der Waals surface area contributed by atoms with Gasteiger partial charge in [-0.05, 0) is 11.6 Å². The minimum atomic E-state index is -3.82. The second kappa shape index (κ2) is 7.00. The lowest BCUT2D eigenvalue weighted by atomic mass is 10.5. The maximum absolute atomic E-state index is 12.2. The number of hydrogen-bond donors (Lipinski definition) is 0. The molecular formula is C7H15ClO7P2. The number of carbonyl (C=O) groups is 1. The number of carbonyl (C=O) groups excluding carboxylic acids is 1. The van der Waals surface area contributed by atoms with Gasteiger partial charge in [-0.3, -0.25) is 13.9 Å². The van der Waals surface area contributed by atoms with E-state index in [2.05, 4.69) is 0 Å². The average Bonchev–Trinajstić information content (AvgIpc) is 2.34. The third-order valence-corrected chi connectivity index (χ3v) is 7.80. The van der Waals surface area contributed by atoms with Gasteiger partial charge in [0.2, 0.25) is 5.24 Å². The van der Waals surface area contributed by atoms with E-state index in [1.165, 1.54) is 0 Å². The molecule has 0 aliphatic rings. The summed E-state index contributed by atoms with van der Waals surface area (Å²) in [5, 5.41) is -2.25. The maximum Gasteiger partial charge on any atom is 0.345 e. The van der Waals surface area contributed by atoms with Gasteiger partial charge in [0.1, 0.15) is 0 Å². The number of hydrogen-bond acceptors (Lipinski definition) is 7. The monoisotopic (exact) mass is 308 g/mol. The van der Waals surface area contributed by atoms with Crippen molar-refractivity contribution in [1.82, 2.24) is 0 Å². The molecular weight excluding hydrogens is 293 g/mol. The Morgan fingerprint density at radius 1 is 1.00 bits per heavy atom. The van der Waals surface area contributed by atoms with Crippen LogP contribution in [0.3, 0.4) is 0 Å². The van der Waals surface area contributed by atoms with E-state index in [1.54, 1.807) is 0 Å². The van der Waals surface area contributed by atoms with E-state index in [9.17, 15) is 13.9 Å². The Hall–Kier alpha value is 0.260. The fraction of sp³-hybridized carbons (Fsp3) is 0.857. The summed E-state index contributed by atoms with van der Waals surface area (Å²) in [6, 6.07) is 0. The Bertz CT molecular complexity index is 316. The lowest BCUT2D eigenvalue weighted by Gasteiger charge is -2.27. The molecule has 0 saturated carbocycles. The first-order valence-corrected chi connectivity index (χ1v) is 8.00. The highest BCUT2D eigenvalue weighted by molar-refractivity contribution is 7.72. The predicted octanol–water partition coefficient (Wildman–Crippen LogP) is 2.44. The summed E-state index contributed by atoms with van der Waals surface area (Å²) in [6.45, 7) is 0. The molecule has 0 N–H and O–H groups in total. The Kier molecular flexibility index (Phi) is 7.11. The molecule has 0 aliphatic carbocycles. The second-order valence-electron chi connectivity index (χ2n) is 2.85. The smallest absolute Gasteiger partial charge is 0.311 e. The van der Waals surface area contributed by atoms with Crippen molar-refractivity contribution in [2.45, 2.75) is 11.8 Å². The normalized spacial score (nSPS) is 13.1. The van der Waals surface area contributed by atoms with Gasteiger partial charge in [-0.2, -0.15) is 0 Å². The molecule has 7 nitrogen and oxygen atoms in total. The van der Waals surface area contributed by atoms with E-state index in [0.717, 1.165) is 28.4 Å². The van der Waals surface area contributed by atoms with Crippen LogP contribution in [-0.4, -0.2) is 39.1 Å². The summed E-state index contributed by atoms with van der Waals surface area (Å²) in [6.07, 6.45) is -0.514. The van der Waals surface area contributed by atoms with Crippen molar-refractivity contribution in [3.63, 3.8) is 0 Å². The first-order valence-electron chi connectivity index (χ1n) is 4.40. The third-order valence-electron chi connectivity index (χ3n) is 2.09. The summed E-state index contributed by atoms with van der Waals surface area (Å²) in [4.78, 5) is 10.9. The Morgan fingerprint density at radius 3 is 1.47 bits per heavy atom. The fourth-order valence-electron chi connectivity index (χ4n) is 1.18. The van der Waals surface area contributed by atoms with Crippen LogP contribution >= 0.6 is 26.8 Å². The first-order chi connectivity index (χ1) is 7.79. The highest BCUT2D eigenvalue weighted by Gasteiger charge is 2.50. The van der Waals surface area contributed by atoms with Crippen molar-refractivity contribution in [3.8, 4) is 0 Å². The van der Waals surface area contributed by atoms with E-state index in [1.807, 2.05) is 0 Å². The minimum absolute atomic E-state index is 0.514. The van der Waals surface area contributed by atoms with Crippen LogP contribution in [0.25, 0.3) is 0 Å². The van der Waals surface area contributed by atoms with E-state index in [4.69, 9.17) is 29.7 Å². The SMILES string of the molecule is COP(=O)(OC)C(CC(=O)Cl)P(=O)(OC)OC. The van der Waals surface area contributed by atoms with Gasteiger partial charge in [0, 0.05) is 34.9 Å². The Labute approximate surface area is 105 Å². The van der Waals surface area contributed by atoms with Gasteiger partial charge in [-0.25, -0.2) is 0 Å². The maximum atomic E-state index is 12.2. The zero-order valence-electron chi connectivity index (χ0n) is 9.91. The molecule has 0 aromatic carbocycles. The molecule has 0 atom stereocenters. The first kappa shape index (κ1) is 17.3. The van der Waals surface area contributed by atoms with Gasteiger partial charge in [0.15, 0.2) is 5.40 Å². The van der Waals surface area contributed by atoms with Crippen molar-refractivity contribution >= 4 is 32.0 Å². The van der Waals surface area contributed by atoms with Crippen LogP contribution in [0, 0.1) is 0 Å². The van der Waals surface area contributed by atoms with Crippen molar-refractivity contribution in [2.75, 3.05) is 28.4 Å². The van der Waals surface area contributed by atoms with Crippen LogP contribution in [0.5, 0.6) is 0 Å². The molecule has 0 heterocycles. The van der Waals surface area contributed by atoms with Gasteiger partial charge in [0.05, 0.1) is 0 Å². The zero-order valence-corrected chi connectivity index (χ0v) is 12.5. The van der Waals surface area contributed by atoms with Crippen LogP contribution in [-0.2, 0) is 32.0 Å². The van der Waals surface area contributed by atoms with E-state index >= 15 is 0 Å². The van der Waals surface area contributed by atoms with Crippen molar-refractivity contribution < 1.29 is 32.0 Å². The molecule has 0 saturated heterocycles. The van der Waals surface area contributed by atoms with Crippen molar-refractivity contribution in [1.29, 1.82) is 0 Å². The van der Waals surface area contributed by atoms with E-state index < -0.39 is 32.3 Å². The predicted molar refractivity (Wildman–Crippen MR) is 62.5 cm³/mol. The molecule has 0 spiro atoms. The molecule has 102 valence electrons. The lowest BCUT2D eigenvalue weighted by molar-refractivity contribution is -0.111. The molecule has 0 amide bonds. The summed E-state index contributed by atoms with van der Waals surface area (Å²) < 4.78 is 43.1. The highest BCUT2D eigenvalue weighted by Crippen LogP contribution is 2.70. The molecule has 0 bridgehead atoms. The summed E-state index contributed by atoms with van der Waals surface area (Å²) in [5.41, 5.74) is 0. The summed E-state index contributed by atoms with van der Waals surface area (Å²) >= 11 is 5.21. The summed E-state index contributed by atoms with van der Waals surface area (Å²) in [7, 11) is -3.23. The Morgan fingerprint density at radius 2 is 1.29 bits per heavy atom. The number of halogens is 1. The molecule has 0 radical (unpaired) electrons. The third kappa shape index (κ3) is 4.14. The van der Waals surface area contributed by atoms with Gasteiger partial charge < -0.3 is 18.1 Å². The van der Waals surface area contributed by atoms with Crippen LogP contribution in [0.2, 0.25) is 0 Å². The molecule has 0 unspecified atom stereocenters. The van der Waals surface area contributed by atoms with Crippen LogP contribution < -0.4 is 0 Å². The fourth-order valence-corrected chi connectivity index (χ4v) is 6.11. The largest absolute Gasteiger partial charge is 0.345 e. The number of rotatable bonds is 8. The van der Waals surface area contributed by atoms with Gasteiger partial charge in [0.25, 0.3) is 0 Å².